The van der Waals surface area contributed by atoms with Gasteiger partial charge in [-0.05, 0) is 6.07 Å². The van der Waals surface area contributed by atoms with E-state index in [1.165, 1.54) is 11.3 Å². The Kier molecular flexibility index (Phi) is 3.25. The highest BCUT2D eigenvalue weighted by atomic mass is 32.1. The van der Waals surface area contributed by atoms with Gasteiger partial charge in [0, 0.05) is 17.2 Å². The van der Waals surface area contributed by atoms with E-state index in [1.807, 2.05) is 0 Å². The van der Waals surface area contributed by atoms with Crippen LogP contribution in [0.15, 0.2) is 20.9 Å². The van der Waals surface area contributed by atoms with Crippen molar-refractivity contribution in [2.24, 2.45) is 0 Å². The molecule has 0 atom stereocenters. The molecular formula is C9H9N3O2S2. The van der Waals surface area contributed by atoms with Crippen LogP contribution in [0.1, 0.15) is 21.4 Å². The third-order valence-corrected chi connectivity index (χ3v) is 3.15. The molecule has 7 heteroatoms. The molecule has 0 unspecified atom stereocenters. The van der Waals surface area contributed by atoms with Crippen LogP contribution in [0.3, 0.4) is 0 Å². The molecule has 2 rings (SSSR count). The number of amides is 1. The van der Waals surface area contributed by atoms with Crippen molar-refractivity contribution in [2.45, 2.75) is 18.4 Å². The van der Waals surface area contributed by atoms with E-state index < -0.39 is 0 Å². The molecule has 2 heterocycles. The zero-order valence-corrected chi connectivity index (χ0v) is 10.1. The van der Waals surface area contributed by atoms with Gasteiger partial charge in [0.05, 0.1) is 11.4 Å². The molecule has 5 nitrogen and oxygen atoms in total. The Labute approximate surface area is 101 Å². The van der Waals surface area contributed by atoms with E-state index in [0.717, 1.165) is 4.90 Å². The Balaban J connectivity index is 1.93. The molecule has 1 amide bonds. The van der Waals surface area contributed by atoms with Crippen molar-refractivity contribution in [3.8, 4) is 0 Å². The van der Waals surface area contributed by atoms with E-state index in [0.29, 0.717) is 16.6 Å². The van der Waals surface area contributed by atoms with Crippen molar-refractivity contribution in [1.82, 2.24) is 15.5 Å². The average molecular weight is 255 g/mol. The molecule has 84 valence electrons. The first-order valence-corrected chi connectivity index (χ1v) is 5.83. The number of thiol groups is 1. The first-order valence-electron chi connectivity index (χ1n) is 4.50. The minimum atomic E-state index is -0.159. The Hall–Kier alpha value is -1.34. The summed E-state index contributed by atoms with van der Waals surface area (Å²) in [6, 6.07) is 1.71. The normalized spacial score (nSPS) is 10.4. The number of hydrogen-bond acceptors (Lipinski definition) is 6. The number of rotatable bonds is 3. The predicted octanol–water partition coefficient (Wildman–Crippen LogP) is 1.66. The van der Waals surface area contributed by atoms with Gasteiger partial charge in [0.15, 0.2) is 5.82 Å². The zero-order chi connectivity index (χ0) is 11.5. The lowest BCUT2D eigenvalue weighted by molar-refractivity contribution is 0.0953. The van der Waals surface area contributed by atoms with Crippen LogP contribution in [0, 0.1) is 6.92 Å². The van der Waals surface area contributed by atoms with E-state index in [9.17, 15) is 4.79 Å². The second-order valence-corrected chi connectivity index (χ2v) is 4.51. The monoisotopic (exact) mass is 255 g/mol. The lowest BCUT2D eigenvalue weighted by Gasteiger charge is -1.98. The van der Waals surface area contributed by atoms with Gasteiger partial charge in [0.2, 0.25) is 5.89 Å². The second kappa shape index (κ2) is 4.67. The van der Waals surface area contributed by atoms with E-state index >= 15 is 0 Å². The molecular weight excluding hydrogens is 246 g/mol. The summed E-state index contributed by atoms with van der Waals surface area (Å²) in [4.78, 5) is 17.0. The van der Waals surface area contributed by atoms with Crippen molar-refractivity contribution >= 4 is 29.9 Å². The van der Waals surface area contributed by atoms with E-state index in [-0.39, 0.29) is 12.5 Å². The Bertz CT molecular complexity index is 506. The van der Waals surface area contributed by atoms with Crippen LogP contribution in [0.5, 0.6) is 0 Å². The molecule has 0 bridgehead atoms. The molecule has 0 aliphatic carbocycles. The molecule has 0 aliphatic heterocycles. The summed E-state index contributed by atoms with van der Waals surface area (Å²) in [5, 5.41) is 8.17. The number of carbonyl (C=O) groups excluding carboxylic acids is 1. The Morgan fingerprint density at radius 2 is 2.50 bits per heavy atom. The average Bonchev–Trinajstić information content (AvgIpc) is 2.84. The number of hydrogen-bond donors (Lipinski definition) is 2. The molecule has 0 aromatic carbocycles. The molecule has 0 fully saturated rings. The topological polar surface area (TPSA) is 68.0 Å². The predicted molar refractivity (Wildman–Crippen MR) is 61.8 cm³/mol. The molecule has 2 aromatic rings. The number of nitrogens with one attached hydrogen (secondary N) is 1. The van der Waals surface area contributed by atoms with Gasteiger partial charge in [-0.1, -0.05) is 5.16 Å². The van der Waals surface area contributed by atoms with Crippen LogP contribution in [-0.2, 0) is 6.54 Å². The lowest BCUT2D eigenvalue weighted by atomic mass is 10.4. The fraction of sp³-hybridized carbons (Fsp3) is 0.222. The molecule has 0 aliphatic rings. The Morgan fingerprint density at radius 1 is 1.69 bits per heavy atom. The van der Waals surface area contributed by atoms with Crippen LogP contribution in [0.4, 0.5) is 0 Å². The Morgan fingerprint density at radius 3 is 3.06 bits per heavy atom. The quantitative estimate of drug-likeness (QED) is 0.818. The van der Waals surface area contributed by atoms with Gasteiger partial charge in [-0.25, -0.2) is 0 Å². The van der Waals surface area contributed by atoms with E-state index in [1.54, 1.807) is 18.4 Å². The van der Waals surface area contributed by atoms with Gasteiger partial charge in [0.1, 0.15) is 0 Å². The van der Waals surface area contributed by atoms with Crippen molar-refractivity contribution in [3.05, 3.63) is 28.0 Å². The molecule has 0 saturated heterocycles. The molecule has 16 heavy (non-hydrogen) atoms. The molecule has 1 N–H and O–H groups in total. The summed E-state index contributed by atoms with van der Waals surface area (Å²) in [5.41, 5.74) is 0. The van der Waals surface area contributed by atoms with Gasteiger partial charge in [0.25, 0.3) is 5.91 Å². The SMILES string of the molecule is Cc1nc(CNC(=O)c2cc(S)cs2)no1. The number of carbonyl (C=O) groups is 1. The van der Waals surface area contributed by atoms with Gasteiger partial charge >= 0.3 is 0 Å². The summed E-state index contributed by atoms with van der Waals surface area (Å²) in [5.74, 6) is 0.791. The number of aryl methyl sites for hydroxylation is 1. The van der Waals surface area contributed by atoms with Crippen molar-refractivity contribution < 1.29 is 9.32 Å². The maximum atomic E-state index is 11.6. The highest BCUT2D eigenvalue weighted by molar-refractivity contribution is 7.80. The number of thiophene rings is 1. The summed E-state index contributed by atoms with van der Waals surface area (Å²) >= 11 is 5.48. The highest BCUT2D eigenvalue weighted by Gasteiger charge is 2.09. The van der Waals surface area contributed by atoms with Crippen molar-refractivity contribution in [1.29, 1.82) is 0 Å². The van der Waals surface area contributed by atoms with Crippen LogP contribution < -0.4 is 5.32 Å². The van der Waals surface area contributed by atoms with Crippen molar-refractivity contribution in [2.75, 3.05) is 0 Å². The molecule has 2 aromatic heterocycles. The third kappa shape index (κ3) is 2.61. The maximum absolute atomic E-state index is 11.6. The van der Waals surface area contributed by atoms with Gasteiger partial charge in [-0.3, -0.25) is 4.79 Å². The highest BCUT2D eigenvalue weighted by Crippen LogP contribution is 2.17. The minimum Gasteiger partial charge on any atom is -0.344 e. The van der Waals surface area contributed by atoms with Gasteiger partial charge in [-0.15, -0.1) is 24.0 Å². The molecule has 0 saturated carbocycles. The molecule has 0 radical (unpaired) electrons. The largest absolute Gasteiger partial charge is 0.344 e. The van der Waals surface area contributed by atoms with Crippen LogP contribution in [-0.4, -0.2) is 16.0 Å². The van der Waals surface area contributed by atoms with Crippen LogP contribution in [0.25, 0.3) is 0 Å². The first-order chi connectivity index (χ1) is 7.65. The first kappa shape index (κ1) is 11.2. The summed E-state index contributed by atoms with van der Waals surface area (Å²) in [6.45, 7) is 1.96. The van der Waals surface area contributed by atoms with Crippen molar-refractivity contribution in [3.63, 3.8) is 0 Å². The maximum Gasteiger partial charge on any atom is 0.261 e. The summed E-state index contributed by atoms with van der Waals surface area (Å²) in [6.07, 6.45) is 0. The molecule has 0 spiro atoms. The lowest BCUT2D eigenvalue weighted by Crippen LogP contribution is -2.22. The summed E-state index contributed by atoms with van der Waals surface area (Å²) in [7, 11) is 0. The summed E-state index contributed by atoms with van der Waals surface area (Å²) < 4.78 is 4.78. The van der Waals surface area contributed by atoms with E-state index in [2.05, 4.69) is 28.1 Å². The van der Waals surface area contributed by atoms with Crippen LogP contribution >= 0.6 is 24.0 Å². The zero-order valence-electron chi connectivity index (χ0n) is 8.43. The number of nitrogens with zero attached hydrogens (tertiary/aromatic N) is 2. The van der Waals surface area contributed by atoms with Gasteiger partial charge in [-0.2, -0.15) is 4.98 Å². The van der Waals surface area contributed by atoms with Crippen LogP contribution in [0.2, 0.25) is 0 Å². The van der Waals surface area contributed by atoms with E-state index in [4.69, 9.17) is 4.52 Å². The van der Waals surface area contributed by atoms with Gasteiger partial charge < -0.3 is 9.84 Å². The number of aromatic nitrogens is 2. The second-order valence-electron chi connectivity index (χ2n) is 3.08. The fourth-order valence-corrected chi connectivity index (χ4v) is 2.17. The smallest absolute Gasteiger partial charge is 0.261 e. The minimum absolute atomic E-state index is 0.159. The fourth-order valence-electron chi connectivity index (χ4n) is 1.10. The third-order valence-electron chi connectivity index (χ3n) is 1.79. The standard InChI is InChI=1S/C9H9N3O2S2/c1-5-11-8(12-14-5)3-10-9(13)7-2-6(15)4-16-7/h2,4,15H,3H2,1H3,(H,10,13).